The summed E-state index contributed by atoms with van der Waals surface area (Å²) in [7, 11) is -3.82. The zero-order valence-electron chi connectivity index (χ0n) is 10.7. The van der Waals surface area contributed by atoms with Crippen molar-refractivity contribution in [2.75, 3.05) is 5.75 Å². The number of hydrogen-bond donors (Lipinski definition) is 2. The molecular formula is C11H10F3N3O3S. The van der Waals surface area contributed by atoms with Gasteiger partial charge in [-0.1, -0.05) is 6.07 Å². The lowest BCUT2D eigenvalue weighted by Gasteiger charge is -2.04. The molecule has 0 aliphatic carbocycles. The predicted molar refractivity (Wildman–Crippen MR) is 68.0 cm³/mol. The lowest BCUT2D eigenvalue weighted by molar-refractivity contribution is -0.144. The quantitative estimate of drug-likeness (QED) is 0.899. The molecule has 1 heterocycles. The first-order chi connectivity index (χ1) is 9.64. The molecule has 10 heteroatoms. The number of rotatable bonds is 3. The van der Waals surface area contributed by atoms with Gasteiger partial charge in [-0.25, -0.2) is 18.1 Å². The second-order valence-corrected chi connectivity index (χ2v) is 6.13. The summed E-state index contributed by atoms with van der Waals surface area (Å²) in [6, 6.07) is 3.83. The smallest absolute Gasteiger partial charge is 0.334 e. The molecule has 21 heavy (non-hydrogen) atoms. The van der Waals surface area contributed by atoms with Gasteiger partial charge in [0, 0.05) is 0 Å². The third-order valence-corrected chi connectivity index (χ3v) is 3.91. The maximum atomic E-state index is 12.6. The molecule has 0 aliphatic rings. The van der Waals surface area contributed by atoms with Crippen molar-refractivity contribution >= 4 is 27.0 Å². The Morgan fingerprint density at radius 2 is 2.05 bits per heavy atom. The van der Waals surface area contributed by atoms with E-state index in [4.69, 9.17) is 0 Å². The number of nitrogens with zero attached hydrogens (tertiary/aromatic N) is 1. The van der Waals surface area contributed by atoms with Crippen molar-refractivity contribution < 1.29 is 26.4 Å². The van der Waals surface area contributed by atoms with E-state index in [1.165, 1.54) is 25.1 Å². The number of para-hydroxylation sites is 1. The van der Waals surface area contributed by atoms with Crippen LogP contribution in [0.25, 0.3) is 11.0 Å². The Morgan fingerprint density at radius 1 is 1.38 bits per heavy atom. The van der Waals surface area contributed by atoms with E-state index in [-0.39, 0.29) is 22.3 Å². The molecular weight excluding hydrogens is 311 g/mol. The summed E-state index contributed by atoms with van der Waals surface area (Å²) >= 11 is 0. The third kappa shape index (κ3) is 3.15. The second kappa shape index (κ2) is 5.02. The molecule has 114 valence electrons. The number of carbonyl (C=O) groups is 1. The largest absolute Gasteiger partial charge is 0.449 e. The minimum absolute atomic E-state index is 0.0103. The number of amides is 1. The molecule has 0 fully saturated rings. The van der Waals surface area contributed by atoms with Crippen LogP contribution in [0.1, 0.15) is 23.1 Å². The number of nitrogens with one attached hydrogen (secondary N) is 2. The lowest BCUT2D eigenvalue weighted by Crippen LogP contribution is -2.31. The van der Waals surface area contributed by atoms with Crippen LogP contribution in [0.4, 0.5) is 13.2 Å². The second-order valence-electron chi connectivity index (χ2n) is 4.12. The minimum Gasteiger partial charge on any atom is -0.334 e. The molecule has 2 aromatic rings. The summed E-state index contributed by atoms with van der Waals surface area (Å²) < 4.78 is 62.2. The van der Waals surface area contributed by atoms with Gasteiger partial charge in [0.25, 0.3) is 5.91 Å². The summed E-state index contributed by atoms with van der Waals surface area (Å²) in [5.74, 6) is -2.61. The summed E-state index contributed by atoms with van der Waals surface area (Å²) in [5, 5.41) is 0. The molecule has 1 aromatic heterocycles. The molecule has 0 saturated heterocycles. The van der Waals surface area contributed by atoms with Crippen LogP contribution in [-0.2, 0) is 16.2 Å². The topological polar surface area (TPSA) is 91.9 Å². The van der Waals surface area contributed by atoms with E-state index in [9.17, 15) is 26.4 Å². The van der Waals surface area contributed by atoms with Gasteiger partial charge in [0.15, 0.2) is 0 Å². The van der Waals surface area contributed by atoms with Gasteiger partial charge in [-0.05, 0) is 19.1 Å². The fourth-order valence-corrected chi connectivity index (χ4v) is 2.15. The first-order valence-corrected chi connectivity index (χ1v) is 7.40. The first-order valence-electron chi connectivity index (χ1n) is 5.75. The highest BCUT2D eigenvalue weighted by Gasteiger charge is 2.35. The van der Waals surface area contributed by atoms with Crippen LogP contribution in [0.2, 0.25) is 0 Å². The van der Waals surface area contributed by atoms with Crippen LogP contribution in [-0.4, -0.2) is 30.0 Å². The van der Waals surface area contributed by atoms with Crippen LogP contribution in [0, 0.1) is 0 Å². The fraction of sp³-hybridized carbons (Fsp3) is 0.273. The normalized spacial score (nSPS) is 12.6. The van der Waals surface area contributed by atoms with Crippen molar-refractivity contribution in [2.24, 2.45) is 0 Å². The average molecular weight is 321 g/mol. The van der Waals surface area contributed by atoms with E-state index < -0.39 is 27.9 Å². The number of hydrogen-bond acceptors (Lipinski definition) is 4. The average Bonchev–Trinajstić information content (AvgIpc) is 2.81. The summed E-state index contributed by atoms with van der Waals surface area (Å²) in [6.45, 7) is 1.33. The molecule has 2 N–H and O–H groups in total. The molecule has 6 nitrogen and oxygen atoms in total. The van der Waals surface area contributed by atoms with Gasteiger partial charge >= 0.3 is 6.18 Å². The number of imidazole rings is 1. The molecule has 0 radical (unpaired) electrons. The van der Waals surface area contributed by atoms with E-state index in [1.807, 2.05) is 4.98 Å². The minimum atomic E-state index is -4.69. The molecule has 0 bridgehead atoms. The number of aromatic nitrogens is 2. The van der Waals surface area contributed by atoms with Gasteiger partial charge in [-0.2, -0.15) is 13.2 Å². The Kier molecular flexibility index (Phi) is 3.66. The Hall–Kier alpha value is -2.10. The van der Waals surface area contributed by atoms with Crippen molar-refractivity contribution in [3.8, 4) is 0 Å². The molecule has 0 saturated carbocycles. The first kappa shape index (κ1) is 15.3. The summed E-state index contributed by atoms with van der Waals surface area (Å²) in [5.41, 5.74) is -0.506. The van der Waals surface area contributed by atoms with Gasteiger partial charge in [-0.15, -0.1) is 0 Å². The molecule has 1 aromatic carbocycles. The van der Waals surface area contributed by atoms with Gasteiger partial charge in [0.05, 0.1) is 16.8 Å². The molecule has 0 atom stereocenters. The Balaban J connectivity index is 2.50. The maximum absolute atomic E-state index is 12.6. The molecule has 0 spiro atoms. The highest BCUT2D eigenvalue weighted by molar-refractivity contribution is 7.90. The molecule has 0 unspecified atom stereocenters. The van der Waals surface area contributed by atoms with Crippen molar-refractivity contribution in [1.29, 1.82) is 0 Å². The number of sulfonamides is 1. The number of alkyl halides is 3. The van der Waals surface area contributed by atoms with Gasteiger partial charge in [0.2, 0.25) is 15.8 Å². The van der Waals surface area contributed by atoms with Crippen LogP contribution >= 0.6 is 0 Å². The van der Waals surface area contributed by atoms with Crippen molar-refractivity contribution in [3.63, 3.8) is 0 Å². The van der Waals surface area contributed by atoms with Crippen LogP contribution in [0.5, 0.6) is 0 Å². The van der Waals surface area contributed by atoms with Gasteiger partial charge < -0.3 is 4.98 Å². The van der Waals surface area contributed by atoms with E-state index in [2.05, 4.69) is 4.98 Å². The Labute approximate surface area is 117 Å². The van der Waals surface area contributed by atoms with Crippen LogP contribution < -0.4 is 4.72 Å². The maximum Gasteiger partial charge on any atom is 0.449 e. The third-order valence-electron chi connectivity index (χ3n) is 2.65. The fourth-order valence-electron chi connectivity index (χ4n) is 1.62. The Morgan fingerprint density at radius 3 is 2.62 bits per heavy atom. The lowest BCUT2D eigenvalue weighted by atomic mass is 10.2. The SMILES string of the molecule is CCS(=O)(=O)NC(=O)c1cccc2[nH]c(C(F)(F)F)nc12. The van der Waals surface area contributed by atoms with Crippen molar-refractivity contribution in [1.82, 2.24) is 14.7 Å². The van der Waals surface area contributed by atoms with E-state index in [0.29, 0.717) is 0 Å². The highest BCUT2D eigenvalue weighted by Crippen LogP contribution is 2.29. The number of carbonyl (C=O) groups excluding carboxylic acids is 1. The predicted octanol–water partition coefficient (Wildman–Crippen LogP) is 1.66. The molecule has 2 rings (SSSR count). The zero-order chi connectivity index (χ0) is 15.8. The summed E-state index contributed by atoms with van der Waals surface area (Å²) in [4.78, 5) is 17.2. The number of halogens is 3. The number of H-pyrrole nitrogens is 1. The van der Waals surface area contributed by atoms with Crippen LogP contribution in [0.15, 0.2) is 18.2 Å². The molecule has 1 amide bonds. The van der Waals surface area contributed by atoms with Gasteiger partial charge in [0.1, 0.15) is 5.52 Å². The van der Waals surface area contributed by atoms with Gasteiger partial charge in [-0.3, -0.25) is 4.79 Å². The highest BCUT2D eigenvalue weighted by atomic mass is 32.2. The van der Waals surface area contributed by atoms with E-state index in [1.54, 1.807) is 4.72 Å². The number of benzene rings is 1. The van der Waals surface area contributed by atoms with E-state index >= 15 is 0 Å². The number of aromatic amines is 1. The zero-order valence-corrected chi connectivity index (χ0v) is 11.5. The van der Waals surface area contributed by atoms with E-state index in [0.717, 1.165) is 0 Å². The molecule has 0 aliphatic heterocycles. The van der Waals surface area contributed by atoms with Crippen LogP contribution in [0.3, 0.4) is 0 Å². The summed E-state index contributed by atoms with van der Waals surface area (Å²) in [6.07, 6.45) is -4.69. The standard InChI is InChI=1S/C11H10F3N3O3S/c1-2-21(19,20)17-9(18)6-4-3-5-7-8(6)16-10(15-7)11(12,13)14/h3-5H,2H2,1H3,(H,15,16)(H,17,18). The Bertz CT molecular complexity index is 796. The number of fused-ring (bicyclic) bond motifs is 1. The van der Waals surface area contributed by atoms with Crippen molar-refractivity contribution in [2.45, 2.75) is 13.1 Å². The van der Waals surface area contributed by atoms with Crippen molar-refractivity contribution in [3.05, 3.63) is 29.6 Å². The monoisotopic (exact) mass is 321 g/mol.